The lowest BCUT2D eigenvalue weighted by atomic mass is 10.00. The van der Waals surface area contributed by atoms with Crippen molar-refractivity contribution in [2.45, 2.75) is 13.0 Å². The van der Waals surface area contributed by atoms with Gasteiger partial charge in [-0.2, -0.15) is 0 Å². The van der Waals surface area contributed by atoms with E-state index in [9.17, 15) is 0 Å². The lowest BCUT2D eigenvalue weighted by Crippen LogP contribution is -2.22. The highest BCUT2D eigenvalue weighted by Gasteiger charge is 2.16. The fourth-order valence-corrected chi connectivity index (χ4v) is 3.26. The van der Waals surface area contributed by atoms with Gasteiger partial charge >= 0.3 is 0 Å². The second-order valence-corrected chi connectivity index (χ2v) is 5.26. The van der Waals surface area contributed by atoms with Crippen LogP contribution < -0.4 is 5.32 Å². The molecule has 0 aliphatic rings. The third kappa shape index (κ3) is 2.37. The maximum atomic E-state index is 4.13. The number of aromatic nitrogens is 2. The molecule has 2 aromatic heterocycles. The van der Waals surface area contributed by atoms with Crippen LogP contribution in [0.1, 0.15) is 24.1 Å². The Bertz CT molecular complexity index is 663. The number of thiophene rings is 1. The summed E-state index contributed by atoms with van der Waals surface area (Å²) in [7, 11) is 0. The molecule has 96 valence electrons. The van der Waals surface area contributed by atoms with Gasteiger partial charge in [0, 0.05) is 22.7 Å². The summed E-state index contributed by atoms with van der Waals surface area (Å²) >= 11 is 1.78. The smallest absolute Gasteiger partial charge is 0.115 e. The SMILES string of the molecule is CCNC(c1cncnc1)c1cccc2ccsc12. The number of nitrogens with zero attached hydrogens (tertiary/aromatic N) is 2. The van der Waals surface area contributed by atoms with Gasteiger partial charge in [-0.3, -0.25) is 0 Å². The van der Waals surface area contributed by atoms with Crippen LogP contribution in [-0.4, -0.2) is 16.5 Å². The quantitative estimate of drug-likeness (QED) is 0.789. The Morgan fingerprint density at radius 2 is 2.05 bits per heavy atom. The van der Waals surface area contributed by atoms with E-state index in [2.05, 4.69) is 51.9 Å². The molecule has 0 aliphatic carbocycles. The van der Waals surface area contributed by atoms with Crippen molar-refractivity contribution in [2.24, 2.45) is 0 Å². The highest BCUT2D eigenvalue weighted by atomic mass is 32.1. The van der Waals surface area contributed by atoms with E-state index in [-0.39, 0.29) is 6.04 Å². The zero-order valence-electron chi connectivity index (χ0n) is 10.7. The minimum absolute atomic E-state index is 0.147. The molecule has 0 bridgehead atoms. The van der Waals surface area contributed by atoms with Crippen molar-refractivity contribution >= 4 is 21.4 Å². The zero-order chi connectivity index (χ0) is 13.1. The number of rotatable bonds is 4. The molecule has 0 amide bonds. The van der Waals surface area contributed by atoms with Gasteiger partial charge in [0.05, 0.1) is 6.04 Å². The van der Waals surface area contributed by atoms with E-state index in [1.807, 2.05) is 12.4 Å². The van der Waals surface area contributed by atoms with Gasteiger partial charge in [-0.15, -0.1) is 11.3 Å². The first-order valence-corrected chi connectivity index (χ1v) is 7.22. The Labute approximate surface area is 116 Å². The fourth-order valence-electron chi connectivity index (χ4n) is 2.31. The van der Waals surface area contributed by atoms with Crippen LogP contribution in [0.3, 0.4) is 0 Å². The van der Waals surface area contributed by atoms with Gasteiger partial charge in [0.25, 0.3) is 0 Å². The van der Waals surface area contributed by atoms with Crippen molar-refractivity contribution in [2.75, 3.05) is 6.54 Å². The van der Waals surface area contributed by atoms with Gasteiger partial charge < -0.3 is 5.32 Å². The van der Waals surface area contributed by atoms with Gasteiger partial charge in [0.15, 0.2) is 0 Å². The Morgan fingerprint density at radius 3 is 2.84 bits per heavy atom. The lowest BCUT2D eigenvalue weighted by Gasteiger charge is -2.18. The molecule has 0 fully saturated rings. The monoisotopic (exact) mass is 269 g/mol. The number of fused-ring (bicyclic) bond motifs is 1. The normalized spacial score (nSPS) is 12.7. The molecule has 1 unspecified atom stereocenters. The van der Waals surface area contributed by atoms with Crippen LogP contribution in [0.25, 0.3) is 10.1 Å². The van der Waals surface area contributed by atoms with Gasteiger partial charge in [-0.1, -0.05) is 25.1 Å². The summed E-state index contributed by atoms with van der Waals surface area (Å²) in [5, 5.41) is 6.96. The van der Waals surface area contributed by atoms with Gasteiger partial charge in [-0.25, -0.2) is 9.97 Å². The Balaban J connectivity index is 2.12. The summed E-state index contributed by atoms with van der Waals surface area (Å²) < 4.78 is 1.33. The van der Waals surface area contributed by atoms with Crippen molar-refractivity contribution < 1.29 is 0 Å². The number of nitrogens with one attached hydrogen (secondary N) is 1. The molecule has 0 saturated carbocycles. The minimum Gasteiger partial charge on any atom is -0.306 e. The summed E-state index contributed by atoms with van der Waals surface area (Å²) in [6.07, 6.45) is 5.33. The van der Waals surface area contributed by atoms with E-state index in [4.69, 9.17) is 0 Å². The van der Waals surface area contributed by atoms with Crippen LogP contribution in [0, 0.1) is 0 Å². The summed E-state index contributed by atoms with van der Waals surface area (Å²) in [6.45, 7) is 3.02. The molecule has 3 nitrogen and oxygen atoms in total. The molecule has 3 aromatic rings. The van der Waals surface area contributed by atoms with E-state index < -0.39 is 0 Å². The predicted octanol–water partition coefficient (Wildman–Crippen LogP) is 3.39. The Hall–Kier alpha value is -1.78. The van der Waals surface area contributed by atoms with E-state index in [0.717, 1.165) is 12.1 Å². The standard InChI is InChI=1S/C15H15N3S/c1-2-18-14(12-8-16-10-17-9-12)13-5-3-4-11-6-7-19-15(11)13/h3-10,14,18H,2H2,1H3. The lowest BCUT2D eigenvalue weighted by molar-refractivity contribution is 0.630. The van der Waals surface area contributed by atoms with Crippen molar-refractivity contribution in [3.8, 4) is 0 Å². The maximum absolute atomic E-state index is 4.13. The number of benzene rings is 1. The predicted molar refractivity (Wildman–Crippen MR) is 79.4 cm³/mol. The summed E-state index contributed by atoms with van der Waals surface area (Å²) in [5.41, 5.74) is 2.40. The van der Waals surface area contributed by atoms with Crippen LogP contribution in [0.15, 0.2) is 48.4 Å². The van der Waals surface area contributed by atoms with Gasteiger partial charge in [-0.05, 0) is 28.9 Å². The number of hydrogen-bond donors (Lipinski definition) is 1. The third-order valence-electron chi connectivity index (χ3n) is 3.14. The first kappa shape index (κ1) is 12.3. The van der Waals surface area contributed by atoms with Crippen LogP contribution in [0.2, 0.25) is 0 Å². The van der Waals surface area contributed by atoms with Crippen molar-refractivity contribution in [1.82, 2.24) is 15.3 Å². The van der Waals surface area contributed by atoms with Gasteiger partial charge in [0.1, 0.15) is 6.33 Å². The van der Waals surface area contributed by atoms with Gasteiger partial charge in [0.2, 0.25) is 0 Å². The van der Waals surface area contributed by atoms with E-state index in [0.29, 0.717) is 0 Å². The number of hydrogen-bond acceptors (Lipinski definition) is 4. The van der Waals surface area contributed by atoms with Crippen molar-refractivity contribution in [3.63, 3.8) is 0 Å². The molecule has 0 aliphatic heterocycles. The fraction of sp³-hybridized carbons (Fsp3) is 0.200. The molecule has 4 heteroatoms. The summed E-state index contributed by atoms with van der Waals surface area (Å²) in [4.78, 5) is 8.27. The molecule has 1 aromatic carbocycles. The molecule has 3 rings (SSSR count). The van der Waals surface area contributed by atoms with Crippen molar-refractivity contribution in [1.29, 1.82) is 0 Å². The second-order valence-electron chi connectivity index (χ2n) is 4.35. The molecule has 1 N–H and O–H groups in total. The minimum atomic E-state index is 0.147. The van der Waals surface area contributed by atoms with E-state index >= 15 is 0 Å². The summed E-state index contributed by atoms with van der Waals surface area (Å²) in [5.74, 6) is 0. The molecule has 0 radical (unpaired) electrons. The molecule has 0 spiro atoms. The van der Waals surface area contributed by atoms with Crippen LogP contribution >= 0.6 is 11.3 Å². The van der Waals surface area contributed by atoms with Crippen LogP contribution in [0.4, 0.5) is 0 Å². The topological polar surface area (TPSA) is 37.8 Å². The Kier molecular flexibility index (Phi) is 3.53. The molecule has 0 saturated heterocycles. The molecule has 2 heterocycles. The highest BCUT2D eigenvalue weighted by molar-refractivity contribution is 7.17. The molecular weight excluding hydrogens is 254 g/mol. The van der Waals surface area contributed by atoms with Crippen molar-refractivity contribution in [3.05, 3.63) is 59.5 Å². The zero-order valence-corrected chi connectivity index (χ0v) is 11.5. The average molecular weight is 269 g/mol. The molecule has 19 heavy (non-hydrogen) atoms. The van der Waals surface area contributed by atoms with Crippen LogP contribution in [0.5, 0.6) is 0 Å². The molecular formula is C15H15N3S. The largest absolute Gasteiger partial charge is 0.306 e. The first-order chi connectivity index (χ1) is 9.40. The average Bonchev–Trinajstić information content (AvgIpc) is 2.94. The first-order valence-electron chi connectivity index (χ1n) is 6.34. The molecule has 1 atom stereocenters. The highest BCUT2D eigenvalue weighted by Crippen LogP contribution is 2.31. The van der Waals surface area contributed by atoms with E-state index in [1.54, 1.807) is 17.7 Å². The Morgan fingerprint density at radius 1 is 1.21 bits per heavy atom. The maximum Gasteiger partial charge on any atom is 0.115 e. The third-order valence-corrected chi connectivity index (χ3v) is 4.12. The van der Waals surface area contributed by atoms with Crippen LogP contribution in [-0.2, 0) is 0 Å². The van der Waals surface area contributed by atoms with E-state index in [1.165, 1.54) is 15.6 Å². The summed E-state index contributed by atoms with van der Waals surface area (Å²) in [6, 6.07) is 8.75. The second kappa shape index (κ2) is 5.47.